The van der Waals surface area contributed by atoms with Crippen LogP contribution in [0.4, 0.5) is 0 Å². The summed E-state index contributed by atoms with van der Waals surface area (Å²) in [6.07, 6.45) is 7.54. The van der Waals surface area contributed by atoms with E-state index in [-0.39, 0.29) is 0 Å². The molecule has 16 heavy (non-hydrogen) atoms. The van der Waals surface area contributed by atoms with Crippen molar-refractivity contribution in [2.24, 2.45) is 0 Å². The Kier molecular flexibility index (Phi) is 3.28. The van der Waals surface area contributed by atoms with Gasteiger partial charge in [-0.2, -0.15) is 5.10 Å². The third kappa shape index (κ3) is 2.43. The number of nitrogens with zero attached hydrogens (tertiary/aromatic N) is 3. The fourth-order valence-corrected chi connectivity index (χ4v) is 2.51. The molecule has 1 aromatic heterocycles. The Morgan fingerprint density at radius 2 is 2.06 bits per heavy atom. The zero-order chi connectivity index (χ0) is 11.6. The van der Waals surface area contributed by atoms with E-state index in [1.807, 2.05) is 4.68 Å². The smallest absolute Gasteiger partial charge is 0.138 e. The Morgan fingerprint density at radius 1 is 1.38 bits per heavy atom. The maximum absolute atomic E-state index is 10.5. The zero-order valence-electron chi connectivity index (χ0n) is 10.2. The van der Waals surface area contributed by atoms with Gasteiger partial charge in [0, 0.05) is 12.5 Å². The number of hydrogen-bond acceptors (Lipinski definition) is 3. The molecular weight excluding hydrogens is 202 g/mol. The van der Waals surface area contributed by atoms with Gasteiger partial charge in [-0.1, -0.05) is 19.3 Å². The van der Waals surface area contributed by atoms with E-state index in [9.17, 15) is 5.11 Å². The average molecular weight is 223 g/mol. The molecule has 1 saturated carbocycles. The second kappa shape index (κ2) is 4.53. The maximum atomic E-state index is 10.5. The van der Waals surface area contributed by atoms with Gasteiger partial charge >= 0.3 is 0 Å². The van der Waals surface area contributed by atoms with E-state index in [1.54, 1.807) is 6.33 Å². The number of rotatable bonds is 3. The van der Waals surface area contributed by atoms with E-state index in [4.69, 9.17) is 0 Å². The van der Waals surface area contributed by atoms with E-state index >= 15 is 0 Å². The third-order valence-electron chi connectivity index (χ3n) is 3.41. The van der Waals surface area contributed by atoms with E-state index in [1.165, 1.54) is 6.42 Å². The highest BCUT2D eigenvalue weighted by Gasteiger charge is 2.31. The van der Waals surface area contributed by atoms with Crippen molar-refractivity contribution < 1.29 is 5.11 Å². The summed E-state index contributed by atoms with van der Waals surface area (Å²) in [6, 6.07) is 0.310. The Bertz CT molecular complexity index is 340. The first-order valence-electron chi connectivity index (χ1n) is 6.21. The van der Waals surface area contributed by atoms with Crippen LogP contribution in [0.25, 0.3) is 0 Å². The molecule has 90 valence electrons. The molecule has 0 bridgehead atoms. The molecule has 0 unspecified atom stereocenters. The molecule has 1 N–H and O–H groups in total. The molecular formula is C12H21N3O. The molecule has 4 nitrogen and oxygen atoms in total. The predicted molar refractivity (Wildman–Crippen MR) is 62.1 cm³/mol. The fraction of sp³-hybridized carbons (Fsp3) is 0.833. The zero-order valence-corrected chi connectivity index (χ0v) is 10.2. The van der Waals surface area contributed by atoms with Crippen molar-refractivity contribution in [2.45, 2.75) is 64.0 Å². The number of aromatic nitrogens is 3. The van der Waals surface area contributed by atoms with Crippen LogP contribution in [0.15, 0.2) is 6.33 Å². The fourth-order valence-electron chi connectivity index (χ4n) is 2.51. The van der Waals surface area contributed by atoms with Crippen LogP contribution in [0.3, 0.4) is 0 Å². The largest absolute Gasteiger partial charge is 0.389 e. The lowest BCUT2D eigenvalue weighted by Crippen LogP contribution is -2.35. The first kappa shape index (κ1) is 11.6. The molecule has 1 aliphatic rings. The molecule has 0 aliphatic heterocycles. The molecule has 0 amide bonds. The number of aliphatic hydroxyl groups is 1. The van der Waals surface area contributed by atoms with Crippen LogP contribution in [0.5, 0.6) is 0 Å². The van der Waals surface area contributed by atoms with Gasteiger partial charge < -0.3 is 5.11 Å². The van der Waals surface area contributed by atoms with E-state index in [2.05, 4.69) is 23.9 Å². The first-order valence-corrected chi connectivity index (χ1v) is 6.21. The van der Waals surface area contributed by atoms with Crippen molar-refractivity contribution in [3.8, 4) is 0 Å². The lowest BCUT2D eigenvalue weighted by atomic mass is 9.82. The van der Waals surface area contributed by atoms with Gasteiger partial charge in [0.25, 0.3) is 0 Å². The molecule has 1 heterocycles. The standard InChI is InChI=1S/C12H21N3O/c1-10(2)15-11(13-9-14-15)8-12(16)6-4-3-5-7-12/h9-10,16H,3-8H2,1-2H3. The normalized spacial score (nSPS) is 20.2. The minimum absolute atomic E-state index is 0.310. The van der Waals surface area contributed by atoms with Crippen molar-refractivity contribution >= 4 is 0 Å². The van der Waals surface area contributed by atoms with Crippen LogP contribution in [0.1, 0.15) is 57.8 Å². The topological polar surface area (TPSA) is 50.9 Å². The van der Waals surface area contributed by atoms with Gasteiger partial charge in [-0.25, -0.2) is 9.67 Å². The Labute approximate surface area is 96.7 Å². The summed E-state index contributed by atoms with van der Waals surface area (Å²) in [5.41, 5.74) is -0.544. The highest BCUT2D eigenvalue weighted by atomic mass is 16.3. The van der Waals surface area contributed by atoms with Gasteiger partial charge in [-0.3, -0.25) is 0 Å². The molecule has 0 saturated heterocycles. The Morgan fingerprint density at radius 3 is 2.69 bits per heavy atom. The third-order valence-corrected chi connectivity index (χ3v) is 3.41. The molecule has 1 aliphatic carbocycles. The Hall–Kier alpha value is -0.900. The highest BCUT2D eigenvalue weighted by Crippen LogP contribution is 2.30. The molecule has 1 fully saturated rings. The van der Waals surface area contributed by atoms with E-state index in [0.717, 1.165) is 31.5 Å². The quantitative estimate of drug-likeness (QED) is 0.853. The molecule has 0 radical (unpaired) electrons. The summed E-state index contributed by atoms with van der Waals surface area (Å²) in [6.45, 7) is 4.17. The molecule has 4 heteroatoms. The summed E-state index contributed by atoms with van der Waals surface area (Å²) in [7, 11) is 0. The predicted octanol–water partition coefficient (Wildman–Crippen LogP) is 2.10. The van der Waals surface area contributed by atoms with Crippen molar-refractivity contribution in [2.75, 3.05) is 0 Å². The van der Waals surface area contributed by atoms with Crippen LogP contribution in [0, 0.1) is 0 Å². The summed E-state index contributed by atoms with van der Waals surface area (Å²) in [5, 5.41) is 14.7. The van der Waals surface area contributed by atoms with Gasteiger partial charge in [0.15, 0.2) is 0 Å². The van der Waals surface area contributed by atoms with Crippen molar-refractivity contribution in [1.82, 2.24) is 14.8 Å². The van der Waals surface area contributed by atoms with Crippen molar-refractivity contribution in [3.05, 3.63) is 12.2 Å². The second-order valence-electron chi connectivity index (χ2n) is 5.18. The van der Waals surface area contributed by atoms with Gasteiger partial charge in [0.1, 0.15) is 12.2 Å². The van der Waals surface area contributed by atoms with Crippen molar-refractivity contribution in [3.63, 3.8) is 0 Å². The maximum Gasteiger partial charge on any atom is 0.138 e. The summed E-state index contributed by atoms with van der Waals surface area (Å²) < 4.78 is 1.91. The average Bonchev–Trinajstić information content (AvgIpc) is 2.66. The minimum Gasteiger partial charge on any atom is -0.389 e. The lowest BCUT2D eigenvalue weighted by molar-refractivity contribution is 0.00170. The molecule has 0 spiro atoms. The van der Waals surface area contributed by atoms with Crippen LogP contribution in [0.2, 0.25) is 0 Å². The molecule has 1 aromatic rings. The van der Waals surface area contributed by atoms with Gasteiger partial charge in [-0.15, -0.1) is 0 Å². The molecule has 0 aromatic carbocycles. The van der Waals surface area contributed by atoms with Crippen LogP contribution in [-0.2, 0) is 6.42 Å². The van der Waals surface area contributed by atoms with Gasteiger partial charge in [-0.05, 0) is 26.7 Å². The van der Waals surface area contributed by atoms with Crippen LogP contribution >= 0.6 is 0 Å². The minimum atomic E-state index is -0.544. The Balaban J connectivity index is 2.10. The highest BCUT2D eigenvalue weighted by molar-refractivity contribution is 4.96. The van der Waals surface area contributed by atoms with Crippen molar-refractivity contribution in [1.29, 1.82) is 0 Å². The second-order valence-corrected chi connectivity index (χ2v) is 5.18. The lowest BCUT2D eigenvalue weighted by Gasteiger charge is -2.31. The molecule has 0 atom stereocenters. The molecule has 2 rings (SSSR count). The van der Waals surface area contributed by atoms with Gasteiger partial charge in [0.05, 0.1) is 5.60 Å². The van der Waals surface area contributed by atoms with Crippen LogP contribution in [-0.4, -0.2) is 25.5 Å². The number of hydrogen-bond donors (Lipinski definition) is 1. The van der Waals surface area contributed by atoms with E-state index in [0.29, 0.717) is 12.5 Å². The SMILES string of the molecule is CC(C)n1ncnc1CC1(O)CCCCC1. The van der Waals surface area contributed by atoms with E-state index < -0.39 is 5.60 Å². The first-order chi connectivity index (χ1) is 7.61. The monoisotopic (exact) mass is 223 g/mol. The van der Waals surface area contributed by atoms with Gasteiger partial charge in [0.2, 0.25) is 0 Å². The summed E-state index contributed by atoms with van der Waals surface area (Å²) in [5.74, 6) is 0.916. The summed E-state index contributed by atoms with van der Waals surface area (Å²) >= 11 is 0. The summed E-state index contributed by atoms with van der Waals surface area (Å²) in [4.78, 5) is 4.27. The van der Waals surface area contributed by atoms with Crippen LogP contribution < -0.4 is 0 Å².